The van der Waals surface area contributed by atoms with Crippen LogP contribution < -0.4 is 5.32 Å². The number of rotatable bonds is 5. The molecule has 0 aliphatic rings. The Labute approximate surface area is 130 Å². The number of halogens is 2. The van der Waals surface area contributed by atoms with E-state index < -0.39 is 0 Å². The highest BCUT2D eigenvalue weighted by Gasteiger charge is 2.07. The number of carbonyl (C=O) groups excluding carboxylic acids is 1. The molecule has 0 saturated carbocycles. The molecule has 0 aliphatic carbocycles. The fraction of sp³-hybridized carbons (Fsp3) is 0.133. The largest absolute Gasteiger partial charge is 0.367 e. The van der Waals surface area contributed by atoms with Gasteiger partial charge >= 0.3 is 0 Å². The van der Waals surface area contributed by atoms with Gasteiger partial charge in [-0.3, -0.25) is 4.79 Å². The van der Waals surface area contributed by atoms with Gasteiger partial charge in [0.25, 0.3) is 0 Å². The Kier molecular flexibility index (Phi) is 5.49. The molecule has 0 aromatic heterocycles. The van der Waals surface area contributed by atoms with Crippen LogP contribution in [0.1, 0.15) is 5.56 Å². The van der Waals surface area contributed by atoms with Crippen molar-refractivity contribution < 1.29 is 13.9 Å². The summed E-state index contributed by atoms with van der Waals surface area (Å²) in [5, 5.41) is 2.63. The molecule has 1 amide bonds. The van der Waals surface area contributed by atoms with Gasteiger partial charge in [0.2, 0.25) is 5.91 Å². The zero-order chi connectivity index (χ0) is 14.4. The molecule has 0 fully saturated rings. The van der Waals surface area contributed by atoms with Crippen LogP contribution in [0.2, 0.25) is 0 Å². The van der Waals surface area contributed by atoms with E-state index in [9.17, 15) is 9.18 Å². The van der Waals surface area contributed by atoms with Gasteiger partial charge in [-0.2, -0.15) is 0 Å². The number of hydrogen-bond acceptors (Lipinski definition) is 2. The van der Waals surface area contributed by atoms with E-state index in [0.29, 0.717) is 12.3 Å². The second-order valence-corrected chi connectivity index (χ2v) is 5.31. The summed E-state index contributed by atoms with van der Waals surface area (Å²) in [4.78, 5) is 11.7. The van der Waals surface area contributed by atoms with E-state index in [1.165, 1.54) is 12.1 Å². The minimum Gasteiger partial charge on any atom is -0.367 e. The lowest BCUT2D eigenvalue weighted by molar-refractivity contribution is -0.121. The normalized spacial score (nSPS) is 10.3. The standard InChI is InChI=1S/C15H13FINO2/c16-12-6-7-13(17)14(8-12)18-15(19)10-20-9-11-4-2-1-3-5-11/h1-8H,9-10H2,(H,18,19). The van der Waals surface area contributed by atoms with E-state index in [1.54, 1.807) is 6.07 Å². The minimum atomic E-state index is -0.383. The van der Waals surface area contributed by atoms with E-state index in [0.717, 1.165) is 9.13 Å². The van der Waals surface area contributed by atoms with Crippen molar-refractivity contribution in [1.82, 2.24) is 0 Å². The Balaban J connectivity index is 1.82. The van der Waals surface area contributed by atoms with Crippen molar-refractivity contribution in [3.05, 3.63) is 63.5 Å². The third-order valence-electron chi connectivity index (χ3n) is 2.55. The molecule has 0 unspecified atom stereocenters. The molecule has 0 aliphatic heterocycles. The van der Waals surface area contributed by atoms with Crippen molar-refractivity contribution in [1.29, 1.82) is 0 Å². The first-order valence-electron chi connectivity index (χ1n) is 6.02. The maximum atomic E-state index is 13.1. The van der Waals surface area contributed by atoms with Gasteiger partial charge < -0.3 is 10.1 Å². The summed E-state index contributed by atoms with van der Waals surface area (Å²) >= 11 is 2.04. The van der Waals surface area contributed by atoms with Crippen molar-refractivity contribution >= 4 is 34.2 Å². The van der Waals surface area contributed by atoms with Crippen LogP contribution in [0, 0.1) is 9.39 Å². The van der Waals surface area contributed by atoms with Crippen LogP contribution in [-0.4, -0.2) is 12.5 Å². The molecule has 104 valence electrons. The van der Waals surface area contributed by atoms with E-state index >= 15 is 0 Å². The summed E-state index contributed by atoms with van der Waals surface area (Å²) in [5.74, 6) is -0.685. The highest BCUT2D eigenvalue weighted by molar-refractivity contribution is 14.1. The van der Waals surface area contributed by atoms with Crippen molar-refractivity contribution in [3.63, 3.8) is 0 Å². The molecule has 2 aromatic rings. The van der Waals surface area contributed by atoms with E-state index in [2.05, 4.69) is 5.32 Å². The number of anilines is 1. The molecule has 0 saturated heterocycles. The molecule has 1 N–H and O–H groups in total. The lowest BCUT2D eigenvalue weighted by Gasteiger charge is -2.08. The number of benzene rings is 2. The highest BCUT2D eigenvalue weighted by atomic mass is 127. The fourth-order valence-electron chi connectivity index (χ4n) is 1.62. The summed E-state index contributed by atoms with van der Waals surface area (Å²) in [6.45, 7) is 0.302. The zero-order valence-electron chi connectivity index (χ0n) is 10.6. The third kappa shape index (κ3) is 4.57. The molecular weight excluding hydrogens is 372 g/mol. The van der Waals surface area contributed by atoms with Gasteiger partial charge in [-0.1, -0.05) is 30.3 Å². The Morgan fingerprint density at radius 3 is 2.70 bits per heavy atom. The summed E-state index contributed by atoms with van der Waals surface area (Å²) in [6.07, 6.45) is 0. The number of ether oxygens (including phenoxy) is 1. The van der Waals surface area contributed by atoms with Gasteiger partial charge in [0, 0.05) is 3.57 Å². The van der Waals surface area contributed by atoms with Gasteiger partial charge in [0.1, 0.15) is 12.4 Å². The van der Waals surface area contributed by atoms with E-state index in [-0.39, 0.29) is 18.3 Å². The van der Waals surface area contributed by atoms with Crippen molar-refractivity contribution in [2.45, 2.75) is 6.61 Å². The first kappa shape index (κ1) is 14.9. The quantitative estimate of drug-likeness (QED) is 0.800. The summed E-state index contributed by atoms with van der Waals surface area (Å²) in [7, 11) is 0. The smallest absolute Gasteiger partial charge is 0.250 e. The van der Waals surface area contributed by atoms with Gasteiger partial charge in [0.05, 0.1) is 12.3 Å². The maximum absolute atomic E-state index is 13.1. The Morgan fingerprint density at radius 1 is 1.20 bits per heavy atom. The van der Waals surface area contributed by atoms with Crippen LogP contribution in [-0.2, 0) is 16.1 Å². The molecule has 3 nitrogen and oxygen atoms in total. The molecule has 0 spiro atoms. The van der Waals surface area contributed by atoms with Gasteiger partial charge in [-0.05, 0) is 46.4 Å². The summed E-state index contributed by atoms with van der Waals surface area (Å²) < 4.78 is 19.2. The minimum absolute atomic E-state index is 0.0680. The van der Waals surface area contributed by atoms with Crippen LogP contribution in [0.25, 0.3) is 0 Å². The van der Waals surface area contributed by atoms with Crippen LogP contribution in [0.3, 0.4) is 0 Å². The molecular formula is C15H13FINO2. The molecule has 0 heterocycles. The number of carbonyl (C=O) groups is 1. The number of amides is 1. The van der Waals surface area contributed by atoms with Crippen LogP contribution >= 0.6 is 22.6 Å². The topological polar surface area (TPSA) is 38.3 Å². The predicted octanol–water partition coefficient (Wildman–Crippen LogP) is 3.59. The van der Waals surface area contributed by atoms with Gasteiger partial charge in [0.15, 0.2) is 0 Å². The van der Waals surface area contributed by atoms with Crippen molar-refractivity contribution in [2.75, 3.05) is 11.9 Å². The van der Waals surface area contributed by atoms with Crippen LogP contribution in [0.5, 0.6) is 0 Å². The second kappa shape index (κ2) is 7.35. The van der Waals surface area contributed by atoms with E-state index in [4.69, 9.17) is 4.74 Å². The Hall–Kier alpha value is -1.47. The van der Waals surface area contributed by atoms with E-state index in [1.807, 2.05) is 52.9 Å². The first-order chi connectivity index (χ1) is 9.65. The average Bonchev–Trinajstić information content (AvgIpc) is 2.44. The molecule has 0 bridgehead atoms. The zero-order valence-corrected chi connectivity index (χ0v) is 12.8. The predicted molar refractivity (Wildman–Crippen MR) is 83.8 cm³/mol. The second-order valence-electron chi connectivity index (χ2n) is 4.15. The fourth-order valence-corrected chi connectivity index (χ4v) is 2.09. The molecule has 0 atom stereocenters. The van der Waals surface area contributed by atoms with Crippen molar-refractivity contribution in [3.8, 4) is 0 Å². The van der Waals surface area contributed by atoms with Crippen molar-refractivity contribution in [2.24, 2.45) is 0 Å². The number of nitrogens with one attached hydrogen (secondary N) is 1. The SMILES string of the molecule is O=C(COCc1ccccc1)Nc1cc(F)ccc1I. The molecule has 0 radical (unpaired) electrons. The van der Waals surface area contributed by atoms with Crippen LogP contribution in [0.15, 0.2) is 48.5 Å². The first-order valence-corrected chi connectivity index (χ1v) is 7.09. The average molecular weight is 385 g/mol. The molecule has 20 heavy (non-hydrogen) atoms. The Morgan fingerprint density at radius 2 is 1.95 bits per heavy atom. The summed E-state index contributed by atoms with van der Waals surface area (Å²) in [6, 6.07) is 13.8. The van der Waals surface area contributed by atoms with Gasteiger partial charge in [-0.15, -0.1) is 0 Å². The molecule has 2 aromatic carbocycles. The molecule has 2 rings (SSSR count). The molecule has 5 heteroatoms. The highest BCUT2D eigenvalue weighted by Crippen LogP contribution is 2.18. The lowest BCUT2D eigenvalue weighted by Crippen LogP contribution is -2.18. The Bertz CT molecular complexity index is 590. The summed E-state index contributed by atoms with van der Waals surface area (Å²) in [5.41, 5.74) is 1.46. The lowest BCUT2D eigenvalue weighted by atomic mass is 10.2. The number of hydrogen-bond donors (Lipinski definition) is 1. The maximum Gasteiger partial charge on any atom is 0.250 e. The third-order valence-corrected chi connectivity index (χ3v) is 3.49. The monoisotopic (exact) mass is 385 g/mol. The van der Waals surface area contributed by atoms with Crippen LogP contribution in [0.4, 0.5) is 10.1 Å². The van der Waals surface area contributed by atoms with Gasteiger partial charge in [-0.25, -0.2) is 4.39 Å².